The van der Waals surface area contributed by atoms with E-state index in [0.29, 0.717) is 0 Å². The number of carbonyl (C=O) groups is 1. The number of hydrogen-bond donors (Lipinski definition) is 0. The quantitative estimate of drug-likeness (QED) is 0.619. The van der Waals surface area contributed by atoms with Crippen LogP contribution in [0.25, 0.3) is 0 Å². The molecule has 0 bridgehead atoms. The lowest BCUT2D eigenvalue weighted by atomic mass is 9.93. The third kappa shape index (κ3) is 2.43. The summed E-state index contributed by atoms with van der Waals surface area (Å²) in [7, 11) is 0. The zero-order chi connectivity index (χ0) is 14.3. The smallest absolute Gasteiger partial charge is 0.398 e. The Labute approximate surface area is 113 Å². The topological polar surface area (TPSA) is 38.8 Å². The van der Waals surface area contributed by atoms with E-state index in [0.717, 1.165) is 17.7 Å². The molecular weight excluding hydrogens is 273 g/mol. The Morgan fingerprint density at radius 2 is 1.75 bits per heavy atom. The Balaban J connectivity index is 1.80. The molecule has 6 heteroatoms. The molecule has 20 heavy (non-hydrogen) atoms. The van der Waals surface area contributed by atoms with E-state index in [1.54, 1.807) is 24.3 Å². The number of halogens is 3. The van der Waals surface area contributed by atoms with Crippen LogP contribution in [-0.4, -0.2) is 24.4 Å². The molecule has 0 spiro atoms. The fourth-order valence-electron chi connectivity index (χ4n) is 2.39. The van der Waals surface area contributed by atoms with Crippen molar-refractivity contribution in [3.05, 3.63) is 48.0 Å². The van der Waals surface area contributed by atoms with E-state index < -0.39 is 36.4 Å². The number of rotatable bonds is 2. The van der Waals surface area contributed by atoms with Gasteiger partial charge in [-0.1, -0.05) is 36.4 Å². The first-order valence-corrected chi connectivity index (χ1v) is 6.13. The average Bonchev–Trinajstić information content (AvgIpc) is 3.18. The number of ether oxygens (including phenoxy) is 2. The largest absolute Gasteiger partial charge is 0.455 e. The monoisotopic (exact) mass is 284 g/mol. The van der Waals surface area contributed by atoms with Gasteiger partial charge in [0.1, 0.15) is 24.2 Å². The van der Waals surface area contributed by atoms with Crippen molar-refractivity contribution in [2.24, 2.45) is 5.92 Å². The minimum atomic E-state index is -4.46. The SMILES string of the molecule is O=C1C=C[C@@H](C(F)(F)F)[C@@H]([C@@H]2O[C@H]2c2ccccc2)O1. The molecule has 0 unspecified atom stereocenters. The highest BCUT2D eigenvalue weighted by atomic mass is 19.4. The third-order valence-corrected chi connectivity index (χ3v) is 3.40. The molecule has 1 saturated heterocycles. The van der Waals surface area contributed by atoms with E-state index in [-0.39, 0.29) is 0 Å². The molecule has 0 aliphatic carbocycles. The van der Waals surface area contributed by atoms with E-state index in [2.05, 4.69) is 0 Å². The van der Waals surface area contributed by atoms with Gasteiger partial charge in [-0.25, -0.2) is 4.79 Å². The summed E-state index contributed by atoms with van der Waals surface area (Å²) in [5, 5.41) is 0. The molecule has 0 amide bonds. The Morgan fingerprint density at radius 1 is 1.05 bits per heavy atom. The lowest BCUT2D eigenvalue weighted by molar-refractivity contribution is -0.199. The van der Waals surface area contributed by atoms with E-state index in [1.165, 1.54) is 0 Å². The highest BCUT2D eigenvalue weighted by Gasteiger charge is 2.57. The standard InChI is InChI=1S/C14H11F3O3/c15-14(16,17)9-6-7-10(18)19-12(9)13-11(20-13)8-4-2-1-3-5-8/h1-7,9,11-13H/t9-,11+,12+,13-/m1/s1. The molecule has 2 aliphatic heterocycles. The predicted octanol–water partition coefficient (Wildman–Crippen LogP) is 2.79. The van der Waals surface area contributed by atoms with Crippen LogP contribution in [0, 0.1) is 5.92 Å². The summed E-state index contributed by atoms with van der Waals surface area (Å²) in [6.45, 7) is 0. The summed E-state index contributed by atoms with van der Waals surface area (Å²) in [5.41, 5.74) is 0.782. The van der Waals surface area contributed by atoms with Crippen molar-refractivity contribution in [1.82, 2.24) is 0 Å². The van der Waals surface area contributed by atoms with E-state index in [1.807, 2.05) is 6.07 Å². The number of epoxide rings is 1. The van der Waals surface area contributed by atoms with Gasteiger partial charge in [0.15, 0.2) is 0 Å². The molecule has 0 aromatic heterocycles. The summed E-state index contributed by atoms with van der Waals surface area (Å²) >= 11 is 0. The number of carbonyl (C=O) groups excluding carboxylic acids is 1. The number of cyclic esters (lactones) is 1. The maximum absolute atomic E-state index is 12.9. The highest BCUT2D eigenvalue weighted by molar-refractivity contribution is 5.83. The predicted molar refractivity (Wildman–Crippen MR) is 62.6 cm³/mol. The minimum absolute atomic E-state index is 0.453. The molecule has 1 aromatic carbocycles. The third-order valence-electron chi connectivity index (χ3n) is 3.40. The Kier molecular flexibility index (Phi) is 3.05. The van der Waals surface area contributed by atoms with Crippen LogP contribution in [0.3, 0.4) is 0 Å². The number of hydrogen-bond acceptors (Lipinski definition) is 3. The lowest BCUT2D eigenvalue weighted by Gasteiger charge is -2.28. The van der Waals surface area contributed by atoms with Crippen molar-refractivity contribution in [2.45, 2.75) is 24.5 Å². The highest BCUT2D eigenvalue weighted by Crippen LogP contribution is 2.47. The van der Waals surface area contributed by atoms with Crippen molar-refractivity contribution in [3.63, 3.8) is 0 Å². The van der Waals surface area contributed by atoms with Gasteiger partial charge in [-0.05, 0) is 5.56 Å². The van der Waals surface area contributed by atoms with E-state index in [4.69, 9.17) is 9.47 Å². The van der Waals surface area contributed by atoms with Crippen LogP contribution in [0.1, 0.15) is 11.7 Å². The first-order chi connectivity index (χ1) is 9.47. The van der Waals surface area contributed by atoms with Crippen molar-refractivity contribution >= 4 is 5.97 Å². The summed E-state index contributed by atoms with van der Waals surface area (Å²) < 4.78 is 48.9. The van der Waals surface area contributed by atoms with Crippen molar-refractivity contribution < 1.29 is 27.4 Å². The molecule has 2 aliphatic rings. The van der Waals surface area contributed by atoms with Crippen LogP contribution >= 0.6 is 0 Å². The Morgan fingerprint density at radius 3 is 2.40 bits per heavy atom. The molecule has 2 heterocycles. The molecule has 3 nitrogen and oxygen atoms in total. The van der Waals surface area contributed by atoms with Crippen LogP contribution in [0.5, 0.6) is 0 Å². The molecule has 1 fully saturated rings. The fourth-order valence-corrected chi connectivity index (χ4v) is 2.39. The minimum Gasteiger partial charge on any atom is -0.455 e. The van der Waals surface area contributed by atoms with Crippen molar-refractivity contribution in [1.29, 1.82) is 0 Å². The Bertz CT molecular complexity index is 538. The molecule has 1 aromatic rings. The number of esters is 1. The summed E-state index contributed by atoms with van der Waals surface area (Å²) in [6, 6.07) is 8.91. The Hall–Kier alpha value is -1.82. The second-order valence-electron chi connectivity index (χ2n) is 4.76. The van der Waals surface area contributed by atoms with Gasteiger partial charge in [0.05, 0.1) is 0 Å². The van der Waals surface area contributed by atoms with Crippen LogP contribution in [0.2, 0.25) is 0 Å². The van der Waals surface area contributed by atoms with Gasteiger partial charge in [-0.3, -0.25) is 0 Å². The van der Waals surface area contributed by atoms with Gasteiger partial charge in [0.2, 0.25) is 0 Å². The van der Waals surface area contributed by atoms with Crippen LogP contribution in [0.4, 0.5) is 13.2 Å². The number of alkyl halides is 3. The van der Waals surface area contributed by atoms with E-state index in [9.17, 15) is 18.0 Å². The van der Waals surface area contributed by atoms with Crippen LogP contribution < -0.4 is 0 Å². The molecule has 0 saturated carbocycles. The zero-order valence-corrected chi connectivity index (χ0v) is 10.2. The fraction of sp³-hybridized carbons (Fsp3) is 0.357. The molecule has 4 atom stereocenters. The maximum atomic E-state index is 12.9. The molecule has 0 N–H and O–H groups in total. The van der Waals surface area contributed by atoms with Crippen LogP contribution in [0.15, 0.2) is 42.5 Å². The van der Waals surface area contributed by atoms with Crippen molar-refractivity contribution in [2.75, 3.05) is 0 Å². The molecule has 3 rings (SSSR count). The maximum Gasteiger partial charge on any atom is 0.398 e. The zero-order valence-electron chi connectivity index (χ0n) is 10.2. The van der Waals surface area contributed by atoms with Gasteiger partial charge in [-0.2, -0.15) is 13.2 Å². The van der Waals surface area contributed by atoms with Gasteiger partial charge in [0, 0.05) is 6.08 Å². The summed E-state index contributed by atoms with van der Waals surface area (Å²) in [5.74, 6) is -2.59. The first-order valence-electron chi connectivity index (χ1n) is 6.13. The van der Waals surface area contributed by atoms with Crippen molar-refractivity contribution in [3.8, 4) is 0 Å². The first kappa shape index (κ1) is 13.2. The molecular formula is C14H11F3O3. The second kappa shape index (κ2) is 4.63. The number of benzene rings is 1. The second-order valence-corrected chi connectivity index (χ2v) is 4.76. The molecule has 106 valence electrons. The van der Waals surface area contributed by atoms with Crippen LogP contribution in [-0.2, 0) is 14.3 Å². The average molecular weight is 284 g/mol. The van der Waals surface area contributed by atoms with Gasteiger partial charge >= 0.3 is 12.1 Å². The van der Waals surface area contributed by atoms with Gasteiger partial charge < -0.3 is 9.47 Å². The lowest BCUT2D eigenvalue weighted by Crippen LogP contribution is -2.41. The normalized spacial score (nSPS) is 32.9. The summed E-state index contributed by atoms with van der Waals surface area (Å²) in [6.07, 6.45) is -5.33. The van der Waals surface area contributed by atoms with E-state index >= 15 is 0 Å². The van der Waals surface area contributed by atoms with Gasteiger partial charge in [0.25, 0.3) is 0 Å². The van der Waals surface area contributed by atoms with Gasteiger partial charge in [-0.15, -0.1) is 0 Å². The summed E-state index contributed by atoms with van der Waals surface area (Å²) in [4.78, 5) is 11.2. The molecule has 0 radical (unpaired) electrons.